The lowest BCUT2D eigenvalue weighted by molar-refractivity contribution is -0.120. The molecule has 1 aromatic rings. The quantitative estimate of drug-likeness (QED) is 0.847. The summed E-state index contributed by atoms with van der Waals surface area (Å²) in [4.78, 5) is 24.0. The number of benzene rings is 1. The molecule has 19 heavy (non-hydrogen) atoms. The van der Waals surface area contributed by atoms with Gasteiger partial charge in [-0.2, -0.15) is 0 Å². The third-order valence-electron chi connectivity index (χ3n) is 3.16. The van der Waals surface area contributed by atoms with E-state index in [1.807, 2.05) is 26.8 Å². The van der Waals surface area contributed by atoms with Crippen molar-refractivity contribution in [2.24, 2.45) is 0 Å². The van der Waals surface area contributed by atoms with Gasteiger partial charge in [-0.05, 0) is 23.1 Å². The van der Waals surface area contributed by atoms with Crippen molar-refractivity contribution in [3.63, 3.8) is 0 Å². The minimum absolute atomic E-state index is 0.153. The van der Waals surface area contributed by atoms with E-state index >= 15 is 0 Å². The summed E-state index contributed by atoms with van der Waals surface area (Å²) in [6.45, 7) is 6.19. The second-order valence-corrected chi connectivity index (χ2v) is 5.67. The molecule has 0 radical (unpaired) electrons. The normalized spacial score (nSPS) is 16.5. The highest BCUT2D eigenvalue weighted by Crippen LogP contribution is 2.28. The maximum Gasteiger partial charge on any atom is 0.328 e. The summed E-state index contributed by atoms with van der Waals surface area (Å²) < 4.78 is 14.1. The van der Waals surface area contributed by atoms with Crippen molar-refractivity contribution in [2.75, 3.05) is 11.4 Å². The van der Waals surface area contributed by atoms with Crippen LogP contribution in [0.3, 0.4) is 0 Å². The highest BCUT2D eigenvalue weighted by Gasteiger charge is 2.27. The molecular weight excluding hydrogens is 247 g/mol. The number of imide groups is 1. The van der Waals surface area contributed by atoms with E-state index in [2.05, 4.69) is 5.32 Å². The van der Waals surface area contributed by atoms with Crippen molar-refractivity contribution >= 4 is 17.6 Å². The van der Waals surface area contributed by atoms with Gasteiger partial charge in [0.25, 0.3) is 0 Å². The molecule has 0 unspecified atom stereocenters. The molecule has 0 aliphatic carbocycles. The first-order chi connectivity index (χ1) is 8.79. The summed E-state index contributed by atoms with van der Waals surface area (Å²) >= 11 is 0. The fourth-order valence-corrected chi connectivity index (χ4v) is 1.99. The van der Waals surface area contributed by atoms with Crippen molar-refractivity contribution < 1.29 is 14.0 Å². The summed E-state index contributed by atoms with van der Waals surface area (Å²) in [6, 6.07) is 4.27. The first-order valence-electron chi connectivity index (χ1n) is 6.20. The van der Waals surface area contributed by atoms with Gasteiger partial charge in [0.05, 0.1) is 5.69 Å². The number of carbonyl (C=O) groups is 2. The highest BCUT2D eigenvalue weighted by atomic mass is 19.1. The van der Waals surface area contributed by atoms with Crippen LogP contribution in [-0.4, -0.2) is 18.5 Å². The molecule has 1 N–H and O–H groups in total. The SMILES string of the molecule is CC(C)(C)c1ccc(N2CCC(=O)NC2=O)c(F)c1. The summed E-state index contributed by atoms with van der Waals surface area (Å²) in [5.74, 6) is -0.773. The van der Waals surface area contributed by atoms with Crippen LogP contribution in [0.2, 0.25) is 0 Å². The van der Waals surface area contributed by atoms with E-state index in [-0.39, 0.29) is 30.0 Å². The predicted octanol–water partition coefficient (Wildman–Crippen LogP) is 2.57. The molecule has 1 saturated heterocycles. The van der Waals surface area contributed by atoms with Gasteiger partial charge in [0.2, 0.25) is 5.91 Å². The molecule has 3 amide bonds. The third-order valence-corrected chi connectivity index (χ3v) is 3.16. The second kappa shape index (κ2) is 4.64. The highest BCUT2D eigenvalue weighted by molar-refractivity contribution is 6.05. The Bertz CT molecular complexity index is 535. The zero-order chi connectivity index (χ0) is 14.2. The molecule has 2 rings (SSSR count). The Morgan fingerprint density at radius 1 is 1.26 bits per heavy atom. The van der Waals surface area contributed by atoms with Gasteiger partial charge in [-0.15, -0.1) is 0 Å². The van der Waals surface area contributed by atoms with Crippen LogP contribution >= 0.6 is 0 Å². The molecule has 1 aliphatic heterocycles. The molecule has 4 nitrogen and oxygen atoms in total. The molecule has 0 aromatic heterocycles. The fraction of sp³-hybridized carbons (Fsp3) is 0.429. The van der Waals surface area contributed by atoms with E-state index in [1.165, 1.54) is 11.0 Å². The first-order valence-corrected chi connectivity index (χ1v) is 6.20. The van der Waals surface area contributed by atoms with Gasteiger partial charge in [0.15, 0.2) is 0 Å². The lowest BCUT2D eigenvalue weighted by atomic mass is 9.87. The number of anilines is 1. The van der Waals surface area contributed by atoms with Crippen molar-refractivity contribution in [1.29, 1.82) is 0 Å². The van der Waals surface area contributed by atoms with Gasteiger partial charge < -0.3 is 0 Å². The number of rotatable bonds is 1. The van der Waals surface area contributed by atoms with Crippen molar-refractivity contribution in [3.8, 4) is 0 Å². The van der Waals surface area contributed by atoms with Crippen LogP contribution in [0.5, 0.6) is 0 Å². The number of amides is 3. The van der Waals surface area contributed by atoms with Gasteiger partial charge in [0, 0.05) is 13.0 Å². The van der Waals surface area contributed by atoms with Crippen molar-refractivity contribution in [3.05, 3.63) is 29.6 Å². The van der Waals surface area contributed by atoms with Crippen LogP contribution in [0.1, 0.15) is 32.8 Å². The Hall–Kier alpha value is -1.91. The van der Waals surface area contributed by atoms with E-state index in [4.69, 9.17) is 0 Å². The lowest BCUT2D eigenvalue weighted by Crippen LogP contribution is -2.49. The number of hydrogen-bond acceptors (Lipinski definition) is 2. The van der Waals surface area contributed by atoms with Gasteiger partial charge >= 0.3 is 6.03 Å². The monoisotopic (exact) mass is 264 g/mol. The Morgan fingerprint density at radius 2 is 1.95 bits per heavy atom. The fourth-order valence-electron chi connectivity index (χ4n) is 1.99. The number of urea groups is 1. The van der Waals surface area contributed by atoms with Gasteiger partial charge in [-0.1, -0.05) is 26.8 Å². The van der Waals surface area contributed by atoms with Crippen LogP contribution in [0.4, 0.5) is 14.9 Å². The molecule has 1 heterocycles. The van der Waals surface area contributed by atoms with E-state index in [0.717, 1.165) is 5.56 Å². The van der Waals surface area contributed by atoms with Gasteiger partial charge in [-0.3, -0.25) is 15.0 Å². The Morgan fingerprint density at radius 3 is 2.47 bits per heavy atom. The average Bonchev–Trinajstić information content (AvgIpc) is 2.28. The van der Waals surface area contributed by atoms with Gasteiger partial charge in [0.1, 0.15) is 5.82 Å². The molecule has 0 saturated carbocycles. The maximum absolute atomic E-state index is 14.1. The van der Waals surface area contributed by atoms with Crippen LogP contribution in [0.15, 0.2) is 18.2 Å². The molecule has 0 atom stereocenters. The Labute approximate surface area is 111 Å². The molecular formula is C14H17FN2O2. The topological polar surface area (TPSA) is 49.4 Å². The molecule has 5 heteroatoms. The standard InChI is InChI=1S/C14H17FN2O2/c1-14(2,3)9-4-5-11(10(15)8-9)17-7-6-12(18)16-13(17)19/h4-5,8H,6-7H2,1-3H3,(H,16,18,19). The number of carbonyl (C=O) groups excluding carboxylic acids is 2. The molecule has 1 aromatic carbocycles. The summed E-state index contributed by atoms with van der Waals surface area (Å²) in [6.07, 6.45) is 0.187. The second-order valence-electron chi connectivity index (χ2n) is 5.67. The largest absolute Gasteiger partial charge is 0.328 e. The van der Waals surface area contributed by atoms with Crippen LogP contribution in [0.25, 0.3) is 0 Å². The van der Waals surface area contributed by atoms with Gasteiger partial charge in [-0.25, -0.2) is 9.18 Å². The zero-order valence-electron chi connectivity index (χ0n) is 11.3. The molecule has 0 spiro atoms. The van der Waals surface area contributed by atoms with E-state index < -0.39 is 11.8 Å². The van der Waals surface area contributed by atoms with Crippen molar-refractivity contribution in [2.45, 2.75) is 32.6 Å². The Balaban J connectivity index is 2.31. The number of nitrogens with one attached hydrogen (secondary N) is 1. The minimum Gasteiger partial charge on any atom is -0.291 e. The lowest BCUT2D eigenvalue weighted by Gasteiger charge is -2.28. The molecule has 1 fully saturated rings. The zero-order valence-corrected chi connectivity index (χ0v) is 11.3. The molecule has 0 bridgehead atoms. The number of hydrogen-bond donors (Lipinski definition) is 1. The summed E-state index contributed by atoms with van der Waals surface area (Å²) in [5.41, 5.74) is 0.916. The summed E-state index contributed by atoms with van der Waals surface area (Å²) in [7, 11) is 0. The molecule has 1 aliphatic rings. The van der Waals surface area contributed by atoms with E-state index in [0.29, 0.717) is 0 Å². The third kappa shape index (κ3) is 2.75. The smallest absolute Gasteiger partial charge is 0.291 e. The average molecular weight is 264 g/mol. The maximum atomic E-state index is 14.1. The van der Waals surface area contributed by atoms with Crippen LogP contribution in [-0.2, 0) is 10.2 Å². The number of halogens is 1. The molecule has 102 valence electrons. The van der Waals surface area contributed by atoms with Crippen LogP contribution < -0.4 is 10.2 Å². The van der Waals surface area contributed by atoms with E-state index in [1.54, 1.807) is 6.07 Å². The Kier molecular flexibility index (Phi) is 3.30. The van der Waals surface area contributed by atoms with Crippen LogP contribution in [0, 0.1) is 5.82 Å². The van der Waals surface area contributed by atoms with E-state index in [9.17, 15) is 14.0 Å². The minimum atomic E-state index is -0.571. The van der Waals surface area contributed by atoms with Crippen molar-refractivity contribution in [1.82, 2.24) is 5.32 Å². The summed E-state index contributed by atoms with van der Waals surface area (Å²) in [5, 5.41) is 2.18. The first kappa shape index (κ1) is 13.5. The number of nitrogens with zero attached hydrogens (tertiary/aromatic N) is 1. The predicted molar refractivity (Wildman–Crippen MR) is 70.6 cm³/mol.